The SMILES string of the molecule is CCCCCCCCCCCCCCCC[N+]1(C)CC[N+](C)(CCCCCCCCCCCCCCCC)CC1.[Br-].[Br-]. The average Bonchev–Trinajstić information content (AvgIpc) is 2.95. The molecule has 4 heteroatoms. The molecule has 0 spiro atoms. The highest BCUT2D eigenvalue weighted by Gasteiger charge is 2.36. The Kier molecular flexibility index (Phi) is 34.1. The Morgan fingerprint density at radius 2 is 0.452 bits per heavy atom. The second kappa shape index (κ2) is 31.8. The van der Waals surface area contributed by atoms with Crippen molar-refractivity contribution in [3.8, 4) is 0 Å². The minimum atomic E-state index is 0. The number of halogens is 2. The normalized spacial score (nSPS) is 20.3. The smallest absolute Gasteiger partial charge is 0.128 e. The Bertz CT molecular complexity index is 473. The summed E-state index contributed by atoms with van der Waals surface area (Å²) in [6.07, 6.45) is 41.1. The summed E-state index contributed by atoms with van der Waals surface area (Å²) in [5, 5.41) is 0. The fourth-order valence-electron chi connectivity index (χ4n) is 7.01. The standard InChI is InChI=1S/C38H80N2.2BrH/c1-5-7-9-11-13-15-17-19-21-23-25-27-29-31-33-39(3)35-37-40(4,38-36-39)34-32-30-28-26-24-22-20-18-16-14-12-10-8-6-2;;/h5-38H2,1-4H3;2*1H/q+2;;/p-2. The van der Waals surface area contributed by atoms with Crippen LogP contribution in [0.15, 0.2) is 0 Å². The summed E-state index contributed by atoms with van der Waals surface area (Å²) in [6.45, 7) is 13.1. The van der Waals surface area contributed by atoms with Gasteiger partial charge in [0.2, 0.25) is 0 Å². The number of unbranched alkanes of at least 4 members (excludes halogenated alkanes) is 26. The van der Waals surface area contributed by atoms with Gasteiger partial charge in [0, 0.05) is 0 Å². The van der Waals surface area contributed by atoms with Crippen molar-refractivity contribution in [2.45, 2.75) is 194 Å². The van der Waals surface area contributed by atoms with Gasteiger partial charge in [0.1, 0.15) is 26.2 Å². The first-order valence-corrected chi connectivity index (χ1v) is 19.2. The van der Waals surface area contributed by atoms with Crippen LogP contribution in [0.1, 0.15) is 194 Å². The Labute approximate surface area is 288 Å². The summed E-state index contributed by atoms with van der Waals surface area (Å²) in [5.74, 6) is 0. The van der Waals surface area contributed by atoms with E-state index in [0.717, 1.165) is 0 Å². The minimum Gasteiger partial charge on any atom is -1.00 e. The molecular formula is C38H80Br2N2. The summed E-state index contributed by atoms with van der Waals surface area (Å²) in [5.41, 5.74) is 0. The lowest BCUT2D eigenvalue weighted by molar-refractivity contribution is -1.02. The molecule has 1 rings (SSSR count). The first-order valence-electron chi connectivity index (χ1n) is 19.2. The Hall–Kier alpha value is 0.880. The van der Waals surface area contributed by atoms with E-state index in [4.69, 9.17) is 0 Å². The fourth-order valence-corrected chi connectivity index (χ4v) is 7.01. The second-order valence-electron chi connectivity index (χ2n) is 14.8. The molecule has 1 aliphatic heterocycles. The van der Waals surface area contributed by atoms with Crippen LogP contribution in [0, 0.1) is 0 Å². The quantitative estimate of drug-likeness (QED) is 0.0644. The monoisotopic (exact) mass is 722 g/mol. The molecule has 0 atom stereocenters. The van der Waals surface area contributed by atoms with E-state index >= 15 is 0 Å². The molecule has 256 valence electrons. The van der Waals surface area contributed by atoms with E-state index in [2.05, 4.69) is 27.9 Å². The van der Waals surface area contributed by atoms with Crippen molar-refractivity contribution in [3.05, 3.63) is 0 Å². The van der Waals surface area contributed by atoms with Crippen LogP contribution in [0.4, 0.5) is 0 Å². The van der Waals surface area contributed by atoms with Gasteiger partial charge in [0.25, 0.3) is 0 Å². The van der Waals surface area contributed by atoms with Gasteiger partial charge in [-0.3, -0.25) is 0 Å². The number of piperazine rings is 1. The number of likely N-dealkylation sites (N-methyl/N-ethyl adjacent to an activating group) is 2. The lowest BCUT2D eigenvalue weighted by Gasteiger charge is -2.46. The third-order valence-corrected chi connectivity index (χ3v) is 10.5. The lowest BCUT2D eigenvalue weighted by Crippen LogP contribution is -3.00. The molecule has 0 bridgehead atoms. The van der Waals surface area contributed by atoms with Crippen molar-refractivity contribution in [3.63, 3.8) is 0 Å². The van der Waals surface area contributed by atoms with Crippen molar-refractivity contribution in [2.75, 3.05) is 53.4 Å². The fraction of sp³-hybridized carbons (Fsp3) is 1.00. The maximum Gasteiger partial charge on any atom is 0.128 e. The van der Waals surface area contributed by atoms with Crippen LogP contribution < -0.4 is 34.0 Å². The number of hydrogen-bond donors (Lipinski definition) is 0. The second-order valence-corrected chi connectivity index (χ2v) is 14.8. The molecule has 0 N–H and O–H groups in total. The number of nitrogens with zero attached hydrogens (tertiary/aromatic N) is 2. The third-order valence-electron chi connectivity index (χ3n) is 10.5. The predicted molar refractivity (Wildman–Crippen MR) is 182 cm³/mol. The van der Waals surface area contributed by atoms with Crippen molar-refractivity contribution in [1.29, 1.82) is 0 Å². The highest BCUT2D eigenvalue weighted by molar-refractivity contribution is 4.55. The van der Waals surface area contributed by atoms with Gasteiger partial charge in [0.05, 0.1) is 27.2 Å². The highest BCUT2D eigenvalue weighted by Crippen LogP contribution is 2.20. The van der Waals surface area contributed by atoms with Gasteiger partial charge < -0.3 is 42.9 Å². The minimum absolute atomic E-state index is 0. The van der Waals surface area contributed by atoms with E-state index in [9.17, 15) is 0 Å². The molecule has 0 radical (unpaired) electrons. The summed E-state index contributed by atoms with van der Waals surface area (Å²) in [4.78, 5) is 0. The van der Waals surface area contributed by atoms with Crippen LogP contribution in [0.2, 0.25) is 0 Å². The van der Waals surface area contributed by atoms with Crippen LogP contribution in [0.5, 0.6) is 0 Å². The van der Waals surface area contributed by atoms with Crippen LogP contribution in [0.25, 0.3) is 0 Å². The lowest BCUT2D eigenvalue weighted by atomic mass is 10.0. The molecule has 0 saturated carbocycles. The molecule has 0 amide bonds. The van der Waals surface area contributed by atoms with E-state index < -0.39 is 0 Å². The molecule has 0 aromatic rings. The average molecular weight is 725 g/mol. The summed E-state index contributed by atoms with van der Waals surface area (Å²) < 4.78 is 2.70. The first kappa shape index (κ1) is 45.0. The molecule has 1 aliphatic rings. The molecule has 1 saturated heterocycles. The van der Waals surface area contributed by atoms with Crippen LogP contribution >= 0.6 is 0 Å². The summed E-state index contributed by atoms with van der Waals surface area (Å²) in [7, 11) is 5.11. The Morgan fingerprint density at radius 1 is 0.286 bits per heavy atom. The summed E-state index contributed by atoms with van der Waals surface area (Å²) >= 11 is 0. The third kappa shape index (κ3) is 27.2. The molecular weight excluding hydrogens is 644 g/mol. The van der Waals surface area contributed by atoms with Gasteiger partial charge in [-0.15, -0.1) is 0 Å². The highest BCUT2D eigenvalue weighted by atomic mass is 79.9. The van der Waals surface area contributed by atoms with Gasteiger partial charge in [-0.25, -0.2) is 0 Å². The van der Waals surface area contributed by atoms with Crippen molar-refractivity contribution >= 4 is 0 Å². The van der Waals surface area contributed by atoms with Crippen molar-refractivity contribution in [1.82, 2.24) is 0 Å². The zero-order valence-corrected chi connectivity index (χ0v) is 32.9. The molecule has 42 heavy (non-hydrogen) atoms. The van der Waals surface area contributed by atoms with Crippen molar-refractivity contribution < 1.29 is 42.9 Å². The van der Waals surface area contributed by atoms with Crippen LogP contribution in [-0.2, 0) is 0 Å². The molecule has 2 nitrogen and oxygen atoms in total. The molecule has 0 aromatic carbocycles. The Balaban J connectivity index is 0. The van der Waals surface area contributed by atoms with Gasteiger partial charge >= 0.3 is 0 Å². The molecule has 0 aromatic heterocycles. The predicted octanol–water partition coefficient (Wildman–Crippen LogP) is 5.86. The maximum atomic E-state index is 2.55. The van der Waals surface area contributed by atoms with E-state index in [1.165, 1.54) is 228 Å². The number of hydrogen-bond acceptors (Lipinski definition) is 0. The van der Waals surface area contributed by atoms with E-state index in [1.807, 2.05) is 0 Å². The van der Waals surface area contributed by atoms with Gasteiger partial charge in [0.15, 0.2) is 0 Å². The topological polar surface area (TPSA) is 0 Å². The van der Waals surface area contributed by atoms with Crippen LogP contribution in [-0.4, -0.2) is 62.3 Å². The Morgan fingerprint density at radius 3 is 0.643 bits per heavy atom. The van der Waals surface area contributed by atoms with Crippen molar-refractivity contribution in [2.24, 2.45) is 0 Å². The van der Waals surface area contributed by atoms with Gasteiger partial charge in [-0.05, 0) is 25.7 Å². The van der Waals surface area contributed by atoms with Crippen LogP contribution in [0.3, 0.4) is 0 Å². The van der Waals surface area contributed by atoms with Gasteiger partial charge in [-0.1, -0.05) is 168 Å². The largest absolute Gasteiger partial charge is 1.00 e. The maximum absolute atomic E-state index is 2.55. The summed E-state index contributed by atoms with van der Waals surface area (Å²) in [6, 6.07) is 0. The number of rotatable bonds is 30. The molecule has 0 unspecified atom stereocenters. The first-order chi connectivity index (χ1) is 19.5. The molecule has 1 heterocycles. The van der Waals surface area contributed by atoms with E-state index in [0.29, 0.717) is 0 Å². The van der Waals surface area contributed by atoms with Gasteiger partial charge in [-0.2, -0.15) is 0 Å². The number of quaternary nitrogens is 2. The molecule has 1 fully saturated rings. The van der Waals surface area contributed by atoms with E-state index in [1.54, 1.807) is 0 Å². The van der Waals surface area contributed by atoms with E-state index in [-0.39, 0.29) is 34.0 Å². The zero-order chi connectivity index (χ0) is 29.0. The zero-order valence-electron chi connectivity index (χ0n) is 29.7. The molecule has 0 aliphatic carbocycles.